The lowest BCUT2D eigenvalue weighted by Gasteiger charge is -2.42. The van der Waals surface area contributed by atoms with Crippen LogP contribution in [-0.2, 0) is 6.54 Å². The van der Waals surface area contributed by atoms with E-state index in [9.17, 15) is 10.1 Å². The fourth-order valence-corrected chi connectivity index (χ4v) is 9.22. The Morgan fingerprint density at radius 3 is 2.29 bits per heavy atom. The maximum absolute atomic E-state index is 11.5. The van der Waals surface area contributed by atoms with Crippen LogP contribution in [-0.4, -0.2) is 33.4 Å². The molecule has 6 nitrogen and oxygen atoms in total. The zero-order valence-corrected chi connectivity index (χ0v) is 21.9. The highest BCUT2D eigenvalue weighted by Gasteiger charge is 2.38. The van der Waals surface area contributed by atoms with Crippen LogP contribution in [0.1, 0.15) is 33.3 Å². The molecule has 0 aliphatic carbocycles. The van der Waals surface area contributed by atoms with Crippen molar-refractivity contribution in [1.29, 1.82) is 0 Å². The number of rotatable bonds is 5. The van der Waals surface area contributed by atoms with Gasteiger partial charge in [-0.3, -0.25) is 14.8 Å². The first-order chi connectivity index (χ1) is 16.0. The van der Waals surface area contributed by atoms with E-state index in [1.54, 1.807) is 18.2 Å². The second-order valence-electron chi connectivity index (χ2n) is 9.91. The molecule has 0 N–H and O–H groups in total. The molecular formula is C27H33N4O2P. The molecule has 0 amide bonds. The highest BCUT2D eigenvalue weighted by Crippen LogP contribution is 2.63. The number of benzene rings is 3. The summed E-state index contributed by atoms with van der Waals surface area (Å²) in [6.45, 7) is 11.7. The average molecular weight is 477 g/mol. The SMILES string of the molecule is CCn1c2ccccc2c2cc([P@@](=Nc3cc([N+](=O)[O-])ccc3C)(N(C)C)C(C)(C)C)ccc21. The summed E-state index contributed by atoms with van der Waals surface area (Å²) in [5, 5.41) is 14.9. The number of hydrogen-bond acceptors (Lipinski definition) is 3. The van der Waals surface area contributed by atoms with Crippen molar-refractivity contribution in [2.75, 3.05) is 14.1 Å². The Bertz CT molecular complexity index is 1460. The van der Waals surface area contributed by atoms with Gasteiger partial charge in [0.2, 0.25) is 0 Å². The number of aromatic nitrogens is 1. The summed E-state index contributed by atoms with van der Waals surface area (Å²) in [6.07, 6.45) is 0. The number of fused-ring (bicyclic) bond motifs is 3. The quantitative estimate of drug-likeness (QED) is 0.171. The molecular weight excluding hydrogens is 443 g/mol. The Balaban J connectivity index is 2.11. The summed E-state index contributed by atoms with van der Waals surface area (Å²) in [6, 6.07) is 20.2. The minimum atomic E-state index is -2.36. The van der Waals surface area contributed by atoms with Gasteiger partial charge in [0, 0.05) is 50.9 Å². The molecule has 0 spiro atoms. The van der Waals surface area contributed by atoms with E-state index in [-0.39, 0.29) is 15.8 Å². The van der Waals surface area contributed by atoms with E-state index < -0.39 is 7.21 Å². The zero-order valence-electron chi connectivity index (χ0n) is 21.0. The van der Waals surface area contributed by atoms with Gasteiger partial charge in [-0.15, -0.1) is 0 Å². The number of para-hydroxylation sites is 1. The van der Waals surface area contributed by atoms with E-state index in [2.05, 4.69) is 93.5 Å². The number of nitro benzene ring substituents is 1. The largest absolute Gasteiger partial charge is 0.341 e. The third kappa shape index (κ3) is 3.75. The van der Waals surface area contributed by atoms with E-state index in [0.29, 0.717) is 5.69 Å². The Labute approximate surface area is 201 Å². The molecule has 0 bridgehead atoms. The second-order valence-corrected chi connectivity index (χ2v) is 14.0. The van der Waals surface area contributed by atoms with E-state index in [1.165, 1.54) is 27.1 Å². The Morgan fingerprint density at radius 1 is 1.00 bits per heavy atom. The molecule has 3 aromatic carbocycles. The molecule has 1 atom stereocenters. The normalized spacial score (nSPS) is 14.0. The summed E-state index contributed by atoms with van der Waals surface area (Å²) in [5.41, 5.74) is 4.13. The van der Waals surface area contributed by atoms with Gasteiger partial charge in [-0.1, -0.05) is 45.0 Å². The molecule has 0 unspecified atom stereocenters. The van der Waals surface area contributed by atoms with Gasteiger partial charge in [0.15, 0.2) is 0 Å². The number of aryl methyl sites for hydroxylation is 2. The monoisotopic (exact) mass is 476 g/mol. The third-order valence-corrected chi connectivity index (χ3v) is 11.1. The van der Waals surface area contributed by atoms with Crippen LogP contribution in [0.4, 0.5) is 11.4 Å². The fourth-order valence-electron chi connectivity index (χ4n) is 5.07. The lowest BCUT2D eigenvalue weighted by molar-refractivity contribution is -0.384. The van der Waals surface area contributed by atoms with Gasteiger partial charge in [0.05, 0.1) is 17.8 Å². The summed E-state index contributed by atoms with van der Waals surface area (Å²) in [7, 11) is 1.80. The molecule has 0 saturated heterocycles. The summed E-state index contributed by atoms with van der Waals surface area (Å²) in [5.74, 6) is 0. The van der Waals surface area contributed by atoms with Crippen LogP contribution in [0.5, 0.6) is 0 Å². The van der Waals surface area contributed by atoms with Crippen LogP contribution in [0.3, 0.4) is 0 Å². The number of non-ortho nitro benzene ring substituents is 1. The molecule has 178 valence electrons. The predicted molar refractivity (Wildman–Crippen MR) is 145 cm³/mol. The molecule has 7 heteroatoms. The first kappa shape index (κ1) is 24.2. The molecule has 1 aromatic heterocycles. The van der Waals surface area contributed by atoms with E-state index >= 15 is 0 Å². The molecule has 34 heavy (non-hydrogen) atoms. The van der Waals surface area contributed by atoms with Gasteiger partial charge in [-0.2, -0.15) is 0 Å². The summed E-state index contributed by atoms with van der Waals surface area (Å²) >= 11 is 0. The van der Waals surface area contributed by atoms with Crippen molar-refractivity contribution in [2.24, 2.45) is 4.74 Å². The van der Waals surface area contributed by atoms with Gasteiger partial charge in [-0.05, 0) is 57.8 Å². The summed E-state index contributed by atoms with van der Waals surface area (Å²) < 4.78 is 10.0. The molecule has 1 heterocycles. The van der Waals surface area contributed by atoms with E-state index in [4.69, 9.17) is 4.74 Å². The van der Waals surface area contributed by atoms with Gasteiger partial charge in [0.25, 0.3) is 5.69 Å². The van der Waals surface area contributed by atoms with Crippen molar-refractivity contribution in [3.8, 4) is 0 Å². The standard InChI is InChI=1S/C27H33N4O2P/c1-8-30-25-12-10-9-11-22(25)23-18-21(15-16-26(23)30)34(29(6)7,27(3,4)5)28-24-17-20(31(32)33)14-13-19(24)2/h9-18H,8H2,1-7H3/t34-/m1/s1. The average Bonchev–Trinajstić information content (AvgIpc) is 3.10. The molecule has 0 aliphatic heterocycles. The molecule has 4 aromatic rings. The highest BCUT2D eigenvalue weighted by molar-refractivity contribution is 7.73. The smallest absolute Gasteiger partial charge is 0.271 e. The lowest BCUT2D eigenvalue weighted by atomic mass is 10.1. The zero-order chi connectivity index (χ0) is 24.8. The van der Waals surface area contributed by atoms with E-state index in [0.717, 1.165) is 12.1 Å². The van der Waals surface area contributed by atoms with Crippen molar-refractivity contribution in [1.82, 2.24) is 9.24 Å². The Morgan fingerprint density at radius 2 is 1.68 bits per heavy atom. The molecule has 0 aliphatic rings. The second kappa shape index (κ2) is 8.68. The molecule has 4 rings (SSSR count). The summed E-state index contributed by atoms with van der Waals surface area (Å²) in [4.78, 5) is 11.1. The maximum Gasteiger partial charge on any atom is 0.271 e. The van der Waals surface area contributed by atoms with Gasteiger partial charge < -0.3 is 4.57 Å². The minimum absolute atomic E-state index is 0.0663. The van der Waals surface area contributed by atoms with Gasteiger partial charge in [0.1, 0.15) is 0 Å². The number of hydrogen-bond donors (Lipinski definition) is 0. The Hall–Kier alpha value is -2.95. The molecule has 0 radical (unpaired) electrons. The topological polar surface area (TPSA) is 63.7 Å². The van der Waals surface area contributed by atoms with E-state index in [1.807, 2.05) is 6.92 Å². The van der Waals surface area contributed by atoms with Crippen molar-refractivity contribution >= 4 is 45.7 Å². The number of nitrogens with zero attached hydrogens (tertiary/aromatic N) is 4. The van der Waals surface area contributed by atoms with Gasteiger partial charge in [-0.25, -0.2) is 4.74 Å². The Kier molecular flexibility index (Phi) is 6.17. The van der Waals surface area contributed by atoms with Crippen LogP contribution < -0.4 is 5.30 Å². The van der Waals surface area contributed by atoms with Crippen molar-refractivity contribution in [3.63, 3.8) is 0 Å². The van der Waals surface area contributed by atoms with Crippen LogP contribution in [0.25, 0.3) is 21.8 Å². The van der Waals surface area contributed by atoms with Gasteiger partial charge >= 0.3 is 0 Å². The van der Waals surface area contributed by atoms with Crippen molar-refractivity contribution in [2.45, 2.75) is 46.3 Å². The van der Waals surface area contributed by atoms with Crippen molar-refractivity contribution < 1.29 is 4.92 Å². The van der Waals surface area contributed by atoms with Crippen LogP contribution in [0.2, 0.25) is 0 Å². The number of nitro groups is 1. The molecule has 0 saturated carbocycles. The third-order valence-electron chi connectivity index (χ3n) is 6.60. The van der Waals surface area contributed by atoms with Crippen LogP contribution in [0, 0.1) is 17.0 Å². The van der Waals surface area contributed by atoms with Crippen LogP contribution >= 0.6 is 7.21 Å². The molecule has 0 fully saturated rings. The van der Waals surface area contributed by atoms with Crippen molar-refractivity contribution in [3.05, 3.63) is 76.3 Å². The first-order valence-corrected chi connectivity index (χ1v) is 13.3. The highest BCUT2D eigenvalue weighted by atomic mass is 31.2. The first-order valence-electron chi connectivity index (χ1n) is 11.6. The van der Waals surface area contributed by atoms with Crippen LogP contribution in [0.15, 0.2) is 65.4 Å². The fraction of sp³-hybridized carbons (Fsp3) is 0.333. The minimum Gasteiger partial charge on any atom is -0.341 e. The predicted octanol–water partition coefficient (Wildman–Crippen LogP) is 7.46. The maximum atomic E-state index is 11.5. The lowest BCUT2D eigenvalue weighted by Crippen LogP contribution is -2.32.